The molecule has 0 saturated carbocycles. The second-order valence-corrected chi connectivity index (χ2v) is 7.06. The quantitative estimate of drug-likeness (QED) is 0.706. The Morgan fingerprint density at radius 2 is 1.96 bits per heavy atom. The highest BCUT2D eigenvalue weighted by atomic mass is 16.5. The second-order valence-electron chi connectivity index (χ2n) is 7.06. The summed E-state index contributed by atoms with van der Waals surface area (Å²) in [7, 11) is 0. The normalized spacial score (nSPS) is 11.1. The predicted molar refractivity (Wildman–Crippen MR) is 101 cm³/mol. The molecule has 2 amide bonds. The van der Waals surface area contributed by atoms with Crippen LogP contribution in [0.15, 0.2) is 34.9 Å². The lowest BCUT2D eigenvalue weighted by Gasteiger charge is -2.12. The molecule has 0 spiro atoms. The number of carbonyl (C=O) groups excluding carboxylic acids is 2. The molecule has 1 aromatic heterocycles. The lowest BCUT2D eigenvalue weighted by Crippen LogP contribution is -2.24. The van der Waals surface area contributed by atoms with E-state index in [4.69, 9.17) is 4.52 Å². The van der Waals surface area contributed by atoms with Crippen molar-refractivity contribution in [1.29, 1.82) is 0 Å². The molecule has 140 valence electrons. The van der Waals surface area contributed by atoms with E-state index in [1.165, 1.54) is 0 Å². The molecule has 26 heavy (non-hydrogen) atoms. The van der Waals surface area contributed by atoms with Gasteiger partial charge in [-0.25, -0.2) is 0 Å². The predicted octanol–water partition coefficient (Wildman–Crippen LogP) is 3.16. The first-order valence-corrected chi connectivity index (χ1v) is 8.69. The number of anilines is 2. The molecule has 2 rings (SSSR count). The molecule has 3 N–H and O–H groups in total. The Bertz CT molecular complexity index is 762. The Morgan fingerprint density at radius 1 is 1.19 bits per heavy atom. The zero-order valence-corrected chi connectivity index (χ0v) is 15.7. The van der Waals surface area contributed by atoms with Gasteiger partial charge in [0.15, 0.2) is 0 Å². The first-order valence-electron chi connectivity index (χ1n) is 8.69. The van der Waals surface area contributed by atoms with Gasteiger partial charge in [-0.2, -0.15) is 0 Å². The summed E-state index contributed by atoms with van der Waals surface area (Å²) in [5.74, 6) is -0.0758. The summed E-state index contributed by atoms with van der Waals surface area (Å²) in [4.78, 5) is 24.0. The van der Waals surface area contributed by atoms with Crippen molar-refractivity contribution in [2.45, 2.75) is 39.5 Å². The Kier molecular flexibility index (Phi) is 6.38. The van der Waals surface area contributed by atoms with Gasteiger partial charge in [0, 0.05) is 29.3 Å². The number of carbonyl (C=O) groups is 2. The molecule has 1 heterocycles. The number of rotatable bonds is 7. The molecule has 0 bridgehead atoms. The minimum atomic E-state index is -0.262. The molecule has 2 aromatic rings. The van der Waals surface area contributed by atoms with Crippen LogP contribution < -0.4 is 16.0 Å². The summed E-state index contributed by atoms with van der Waals surface area (Å²) >= 11 is 0. The van der Waals surface area contributed by atoms with E-state index in [1.54, 1.807) is 30.3 Å². The maximum atomic E-state index is 12.1. The van der Waals surface area contributed by atoms with Crippen molar-refractivity contribution in [3.8, 4) is 0 Å². The molecule has 0 aliphatic heterocycles. The van der Waals surface area contributed by atoms with Gasteiger partial charge >= 0.3 is 0 Å². The van der Waals surface area contributed by atoms with Crippen LogP contribution in [0.3, 0.4) is 0 Å². The van der Waals surface area contributed by atoms with Gasteiger partial charge in [0.25, 0.3) is 5.91 Å². The summed E-state index contributed by atoms with van der Waals surface area (Å²) in [6, 6.07) is 8.74. The second kappa shape index (κ2) is 8.51. The molecule has 0 saturated heterocycles. The highest BCUT2D eigenvalue weighted by molar-refractivity contribution is 5.96. The van der Waals surface area contributed by atoms with Crippen LogP contribution in [-0.2, 0) is 10.2 Å². The summed E-state index contributed by atoms with van der Waals surface area (Å²) in [5.41, 5.74) is 1.86. The number of aromatic nitrogens is 1. The van der Waals surface area contributed by atoms with Crippen LogP contribution in [0.1, 0.15) is 50.2 Å². The molecule has 0 aliphatic rings. The molecule has 0 unspecified atom stereocenters. The molecule has 0 aliphatic carbocycles. The summed E-state index contributed by atoms with van der Waals surface area (Å²) < 4.78 is 5.14. The smallest absolute Gasteiger partial charge is 0.251 e. The van der Waals surface area contributed by atoms with Crippen LogP contribution in [0.2, 0.25) is 0 Å². The van der Waals surface area contributed by atoms with Gasteiger partial charge in [-0.15, -0.1) is 0 Å². The van der Waals surface area contributed by atoms with Gasteiger partial charge in [-0.1, -0.05) is 38.9 Å². The van der Waals surface area contributed by atoms with Gasteiger partial charge in [0.1, 0.15) is 0 Å². The highest BCUT2D eigenvalue weighted by Gasteiger charge is 2.19. The Morgan fingerprint density at radius 3 is 2.62 bits per heavy atom. The number of benzene rings is 1. The lowest BCUT2D eigenvalue weighted by atomic mass is 9.92. The van der Waals surface area contributed by atoms with Gasteiger partial charge in [0.05, 0.1) is 12.2 Å². The van der Waals surface area contributed by atoms with Crippen molar-refractivity contribution in [3.63, 3.8) is 0 Å². The van der Waals surface area contributed by atoms with Crippen molar-refractivity contribution >= 4 is 23.4 Å². The number of amides is 2. The minimum absolute atomic E-state index is 0.0472. The zero-order chi connectivity index (χ0) is 19.2. The van der Waals surface area contributed by atoms with E-state index in [2.05, 4.69) is 21.1 Å². The third-order valence-electron chi connectivity index (χ3n) is 3.65. The molecule has 7 nitrogen and oxygen atoms in total. The van der Waals surface area contributed by atoms with E-state index in [9.17, 15) is 9.59 Å². The third kappa shape index (κ3) is 5.61. The standard InChI is InChI=1S/C19H26N4O3/c1-5-9-20-18(25)13-7-6-8-14(10-13)21-12-16(24)22-17-11-15(23-26-17)19(2,3)4/h6-8,10-11,21H,5,9,12H2,1-4H3,(H,20,25)(H,22,24). The highest BCUT2D eigenvalue weighted by Crippen LogP contribution is 2.23. The number of hydrogen-bond donors (Lipinski definition) is 3. The maximum absolute atomic E-state index is 12.1. The van der Waals surface area contributed by atoms with Gasteiger partial charge in [-0.05, 0) is 24.6 Å². The Hall–Kier alpha value is -2.83. The molecule has 0 fully saturated rings. The fourth-order valence-electron chi connectivity index (χ4n) is 2.16. The molecule has 7 heteroatoms. The van der Waals surface area contributed by atoms with E-state index in [0.717, 1.165) is 12.1 Å². The van der Waals surface area contributed by atoms with E-state index in [0.29, 0.717) is 23.7 Å². The minimum Gasteiger partial charge on any atom is -0.376 e. The van der Waals surface area contributed by atoms with Crippen molar-refractivity contribution in [2.75, 3.05) is 23.7 Å². The van der Waals surface area contributed by atoms with Gasteiger partial charge in [-0.3, -0.25) is 14.9 Å². The Balaban J connectivity index is 1.89. The van der Waals surface area contributed by atoms with Crippen molar-refractivity contribution in [3.05, 3.63) is 41.6 Å². The van der Waals surface area contributed by atoms with Crippen LogP contribution in [0.25, 0.3) is 0 Å². The number of hydrogen-bond acceptors (Lipinski definition) is 5. The van der Waals surface area contributed by atoms with Crippen molar-refractivity contribution < 1.29 is 14.1 Å². The molecular formula is C19H26N4O3. The fourth-order valence-corrected chi connectivity index (χ4v) is 2.16. The number of nitrogens with zero attached hydrogens (tertiary/aromatic N) is 1. The van der Waals surface area contributed by atoms with E-state index < -0.39 is 0 Å². The SMILES string of the molecule is CCCNC(=O)c1cccc(NCC(=O)Nc2cc(C(C)(C)C)no2)c1. The van der Waals surface area contributed by atoms with E-state index >= 15 is 0 Å². The van der Waals surface area contributed by atoms with Crippen LogP contribution in [-0.4, -0.2) is 30.1 Å². The molecular weight excluding hydrogens is 332 g/mol. The van der Waals surface area contributed by atoms with Gasteiger partial charge in [0.2, 0.25) is 11.8 Å². The lowest BCUT2D eigenvalue weighted by molar-refractivity contribution is -0.114. The first-order chi connectivity index (χ1) is 12.3. The molecule has 0 atom stereocenters. The van der Waals surface area contributed by atoms with E-state index in [1.807, 2.05) is 27.7 Å². The monoisotopic (exact) mass is 358 g/mol. The molecule has 0 radical (unpaired) electrons. The van der Waals surface area contributed by atoms with E-state index in [-0.39, 0.29) is 23.8 Å². The fraction of sp³-hybridized carbons (Fsp3) is 0.421. The first kappa shape index (κ1) is 19.5. The zero-order valence-electron chi connectivity index (χ0n) is 15.7. The third-order valence-corrected chi connectivity index (χ3v) is 3.65. The summed E-state index contributed by atoms with van der Waals surface area (Å²) in [6.45, 7) is 8.72. The van der Waals surface area contributed by atoms with Crippen LogP contribution in [0.4, 0.5) is 11.6 Å². The van der Waals surface area contributed by atoms with Crippen LogP contribution >= 0.6 is 0 Å². The van der Waals surface area contributed by atoms with Crippen molar-refractivity contribution in [2.24, 2.45) is 0 Å². The average molecular weight is 358 g/mol. The van der Waals surface area contributed by atoms with Crippen LogP contribution in [0.5, 0.6) is 0 Å². The largest absolute Gasteiger partial charge is 0.376 e. The maximum Gasteiger partial charge on any atom is 0.251 e. The average Bonchev–Trinajstić information content (AvgIpc) is 3.07. The molecule has 1 aromatic carbocycles. The number of nitrogens with one attached hydrogen (secondary N) is 3. The topological polar surface area (TPSA) is 96.3 Å². The van der Waals surface area contributed by atoms with Crippen molar-refractivity contribution in [1.82, 2.24) is 10.5 Å². The summed E-state index contributed by atoms with van der Waals surface area (Å²) in [6.07, 6.45) is 0.877. The van der Waals surface area contributed by atoms with Gasteiger partial charge < -0.3 is 15.2 Å². The Labute approximate surface area is 153 Å². The summed E-state index contributed by atoms with van der Waals surface area (Å²) in [5, 5.41) is 12.4. The van der Waals surface area contributed by atoms with Crippen LogP contribution in [0, 0.1) is 0 Å².